The van der Waals surface area contributed by atoms with Crippen molar-refractivity contribution in [3.05, 3.63) is 188 Å². The van der Waals surface area contributed by atoms with Crippen LogP contribution in [0.15, 0.2) is 193 Å². The standard InChI is InChI=1S/C46H31N3O2Si/c1-3-18-36(19-4-1)52(37-20-5-2-6-21-37)43-25-13-29-48-46(43)49(41-27-26-39-38-22-7-8-24-42(38)51-44(39)45(41)52)33-15-12-17-35(31-33)50-34-16-11-14-32(30-34)40-23-9-10-28-47-40/h1-31H. The van der Waals surface area contributed by atoms with Crippen LogP contribution in [0.4, 0.5) is 17.2 Å². The second-order valence-corrected chi connectivity index (χ2v) is 16.7. The van der Waals surface area contributed by atoms with E-state index in [1.54, 1.807) is 6.20 Å². The van der Waals surface area contributed by atoms with Crippen LogP contribution in [0.5, 0.6) is 11.5 Å². The van der Waals surface area contributed by atoms with Crippen molar-refractivity contribution < 1.29 is 9.15 Å². The van der Waals surface area contributed by atoms with Crippen LogP contribution in [0, 0.1) is 0 Å². The first-order chi connectivity index (χ1) is 25.8. The van der Waals surface area contributed by atoms with E-state index in [1.165, 1.54) is 20.7 Å². The molecule has 6 heteroatoms. The summed E-state index contributed by atoms with van der Waals surface area (Å²) in [6, 6.07) is 61.3. The van der Waals surface area contributed by atoms with Gasteiger partial charge in [-0.2, -0.15) is 0 Å². The number of ether oxygens (including phenoxy) is 1. The molecule has 0 saturated carbocycles. The Morgan fingerprint density at radius 2 is 1.25 bits per heavy atom. The summed E-state index contributed by atoms with van der Waals surface area (Å²) in [7, 11) is -3.03. The molecule has 10 rings (SSSR count). The fraction of sp³-hybridized carbons (Fsp3) is 0. The summed E-state index contributed by atoms with van der Waals surface area (Å²) in [6.07, 6.45) is 3.70. The number of fused-ring (bicyclic) bond motifs is 6. The van der Waals surface area contributed by atoms with Crippen LogP contribution < -0.4 is 30.4 Å². The molecule has 4 heterocycles. The minimum Gasteiger partial charge on any atom is -0.457 e. The zero-order valence-corrected chi connectivity index (χ0v) is 29.1. The van der Waals surface area contributed by atoms with Crippen LogP contribution in [0.2, 0.25) is 0 Å². The van der Waals surface area contributed by atoms with Crippen molar-refractivity contribution in [3.8, 4) is 22.8 Å². The molecule has 0 radical (unpaired) electrons. The van der Waals surface area contributed by atoms with Crippen molar-refractivity contribution in [2.24, 2.45) is 0 Å². The molecule has 0 bridgehead atoms. The van der Waals surface area contributed by atoms with Gasteiger partial charge in [-0.25, -0.2) is 4.98 Å². The van der Waals surface area contributed by atoms with Crippen LogP contribution in [0.3, 0.4) is 0 Å². The molecule has 0 amide bonds. The first-order valence-corrected chi connectivity index (χ1v) is 19.4. The molecule has 9 aromatic rings. The maximum absolute atomic E-state index is 6.96. The normalized spacial score (nSPS) is 13.1. The molecule has 0 spiro atoms. The molecule has 1 aliphatic heterocycles. The van der Waals surface area contributed by atoms with Crippen molar-refractivity contribution in [1.29, 1.82) is 0 Å². The molecule has 1 aliphatic rings. The molecule has 5 nitrogen and oxygen atoms in total. The van der Waals surface area contributed by atoms with E-state index in [4.69, 9.17) is 14.1 Å². The second-order valence-electron chi connectivity index (χ2n) is 13.0. The average Bonchev–Trinajstić information content (AvgIpc) is 3.60. The smallest absolute Gasteiger partial charge is 0.191 e. The third kappa shape index (κ3) is 4.69. The van der Waals surface area contributed by atoms with Crippen LogP contribution in [-0.4, -0.2) is 18.0 Å². The van der Waals surface area contributed by atoms with Crippen molar-refractivity contribution in [2.75, 3.05) is 4.90 Å². The lowest BCUT2D eigenvalue weighted by molar-refractivity contribution is 0.483. The molecule has 0 N–H and O–H groups in total. The molecule has 6 aromatic carbocycles. The molecule has 0 atom stereocenters. The SMILES string of the molecule is c1ccc([Si]2(c3ccccc3)c3cccnc3N(c3cccc(Oc4cccc(-c5ccccn5)c4)c3)c3ccc4c(oc5ccccc54)c32)cc1. The fourth-order valence-electron chi connectivity index (χ4n) is 7.92. The van der Waals surface area contributed by atoms with Crippen LogP contribution >= 0.6 is 0 Å². The number of hydrogen-bond acceptors (Lipinski definition) is 5. The molecule has 0 unspecified atom stereocenters. The second kappa shape index (κ2) is 12.2. The number of hydrogen-bond donors (Lipinski definition) is 0. The number of pyridine rings is 2. The fourth-order valence-corrected chi connectivity index (χ4v) is 13.1. The van der Waals surface area contributed by atoms with E-state index < -0.39 is 8.07 Å². The number of anilines is 3. The predicted molar refractivity (Wildman–Crippen MR) is 213 cm³/mol. The molecule has 246 valence electrons. The third-order valence-electron chi connectivity index (χ3n) is 10.1. The molecular weight excluding hydrogens is 655 g/mol. The zero-order chi connectivity index (χ0) is 34.5. The lowest BCUT2D eigenvalue weighted by atomic mass is 10.1. The van der Waals surface area contributed by atoms with Gasteiger partial charge in [0.05, 0.1) is 17.1 Å². The van der Waals surface area contributed by atoms with E-state index in [9.17, 15) is 0 Å². The van der Waals surface area contributed by atoms with Gasteiger partial charge in [-0.3, -0.25) is 9.88 Å². The van der Waals surface area contributed by atoms with E-state index in [0.29, 0.717) is 0 Å². The van der Waals surface area contributed by atoms with Crippen molar-refractivity contribution in [3.63, 3.8) is 0 Å². The number of benzene rings is 6. The Bertz CT molecular complexity index is 2690. The minimum atomic E-state index is -3.03. The molecular formula is C46H31N3O2Si. The first-order valence-electron chi connectivity index (χ1n) is 17.4. The summed E-state index contributed by atoms with van der Waals surface area (Å²) >= 11 is 0. The highest BCUT2D eigenvalue weighted by molar-refractivity contribution is 7.22. The third-order valence-corrected chi connectivity index (χ3v) is 14.9. The van der Waals surface area contributed by atoms with Gasteiger partial charge in [0.15, 0.2) is 8.07 Å². The summed E-state index contributed by atoms with van der Waals surface area (Å²) in [5.41, 5.74) is 5.68. The highest BCUT2D eigenvalue weighted by atomic mass is 28.3. The minimum absolute atomic E-state index is 0.722. The predicted octanol–water partition coefficient (Wildman–Crippen LogP) is 9.00. The monoisotopic (exact) mass is 685 g/mol. The van der Waals surface area contributed by atoms with Gasteiger partial charge >= 0.3 is 0 Å². The maximum Gasteiger partial charge on any atom is 0.191 e. The Hall–Kier alpha value is -6.76. The zero-order valence-electron chi connectivity index (χ0n) is 28.1. The van der Waals surface area contributed by atoms with Gasteiger partial charge in [-0.1, -0.05) is 109 Å². The largest absolute Gasteiger partial charge is 0.457 e. The molecule has 3 aromatic heterocycles. The summed E-state index contributed by atoms with van der Waals surface area (Å²) in [6.45, 7) is 0. The maximum atomic E-state index is 6.96. The quantitative estimate of drug-likeness (QED) is 0.164. The first kappa shape index (κ1) is 30.1. The highest BCUT2D eigenvalue weighted by Gasteiger charge is 2.51. The van der Waals surface area contributed by atoms with Gasteiger partial charge in [0.1, 0.15) is 28.5 Å². The van der Waals surface area contributed by atoms with Gasteiger partial charge < -0.3 is 9.15 Å². The number of para-hydroxylation sites is 1. The average molecular weight is 686 g/mol. The number of furan rings is 1. The summed E-state index contributed by atoms with van der Waals surface area (Å²) in [4.78, 5) is 12.0. The van der Waals surface area contributed by atoms with E-state index >= 15 is 0 Å². The summed E-state index contributed by atoms with van der Waals surface area (Å²) in [5, 5.41) is 7.16. The summed E-state index contributed by atoms with van der Waals surface area (Å²) < 4.78 is 13.5. The number of rotatable bonds is 6. The topological polar surface area (TPSA) is 51.4 Å². The van der Waals surface area contributed by atoms with Crippen molar-refractivity contribution in [1.82, 2.24) is 9.97 Å². The van der Waals surface area contributed by atoms with E-state index in [1.807, 2.05) is 66.9 Å². The van der Waals surface area contributed by atoms with Gasteiger partial charge in [0.2, 0.25) is 0 Å². The van der Waals surface area contributed by atoms with E-state index in [2.05, 4.69) is 125 Å². The number of nitrogens with zero attached hydrogens (tertiary/aromatic N) is 3. The van der Waals surface area contributed by atoms with Crippen molar-refractivity contribution in [2.45, 2.75) is 0 Å². The van der Waals surface area contributed by atoms with E-state index in [0.717, 1.165) is 61.9 Å². The highest BCUT2D eigenvalue weighted by Crippen LogP contribution is 2.42. The Labute approximate surface area is 302 Å². The molecule has 0 aliphatic carbocycles. The Morgan fingerprint density at radius 1 is 0.538 bits per heavy atom. The Morgan fingerprint density at radius 3 is 2.04 bits per heavy atom. The Kier molecular flexibility index (Phi) is 7.08. The summed E-state index contributed by atoms with van der Waals surface area (Å²) in [5.74, 6) is 2.36. The van der Waals surface area contributed by atoms with Gasteiger partial charge in [0.25, 0.3) is 0 Å². The lowest BCUT2D eigenvalue weighted by Crippen LogP contribution is -2.77. The lowest BCUT2D eigenvalue weighted by Gasteiger charge is -2.44. The molecule has 0 saturated heterocycles. The number of aromatic nitrogens is 2. The van der Waals surface area contributed by atoms with Crippen molar-refractivity contribution >= 4 is 68.0 Å². The van der Waals surface area contributed by atoms with Gasteiger partial charge in [0, 0.05) is 40.0 Å². The van der Waals surface area contributed by atoms with Crippen LogP contribution in [0.25, 0.3) is 33.2 Å². The van der Waals surface area contributed by atoms with Gasteiger partial charge in [-0.05, 0) is 76.2 Å². The van der Waals surface area contributed by atoms with Crippen LogP contribution in [-0.2, 0) is 0 Å². The van der Waals surface area contributed by atoms with E-state index in [-0.39, 0.29) is 0 Å². The molecule has 0 fully saturated rings. The van der Waals surface area contributed by atoms with Gasteiger partial charge in [-0.15, -0.1) is 0 Å². The molecule has 52 heavy (non-hydrogen) atoms. The van der Waals surface area contributed by atoms with Crippen LogP contribution in [0.1, 0.15) is 0 Å². The Balaban J connectivity index is 1.22.